The zero-order valence-corrected chi connectivity index (χ0v) is 24.8. The Hall–Kier alpha value is -2.88. The first-order valence-corrected chi connectivity index (χ1v) is 14.0. The summed E-state index contributed by atoms with van der Waals surface area (Å²) in [7, 11) is -1.39. The molecule has 0 aliphatic rings. The molecule has 6 aromatic rings. The van der Waals surface area contributed by atoms with Crippen molar-refractivity contribution in [2.24, 2.45) is 0 Å². The maximum atomic E-state index is 8.73. The van der Waals surface area contributed by atoms with Crippen LogP contribution in [0.15, 0.2) is 135 Å². The Bertz CT molecular complexity index is 1650. The molecule has 2 heterocycles. The van der Waals surface area contributed by atoms with E-state index in [1.807, 2.05) is 66.9 Å². The van der Waals surface area contributed by atoms with Crippen LogP contribution in [-0.2, 0) is 0 Å². The second-order valence-corrected chi connectivity index (χ2v) is 10.6. The van der Waals surface area contributed by atoms with Gasteiger partial charge in [-0.2, -0.15) is 0 Å². The van der Waals surface area contributed by atoms with Crippen molar-refractivity contribution in [2.75, 3.05) is 0 Å². The summed E-state index contributed by atoms with van der Waals surface area (Å²) in [6.07, 6.45) is 3.66. The zero-order chi connectivity index (χ0) is 26.9. The summed E-state index contributed by atoms with van der Waals surface area (Å²) in [5.74, 6) is 0. The van der Waals surface area contributed by atoms with Crippen LogP contribution in [0.5, 0.6) is 0 Å². The lowest BCUT2D eigenvalue weighted by Gasteiger charge is -2.07. The minimum absolute atomic E-state index is 0.488. The van der Waals surface area contributed by atoms with Crippen LogP contribution in [0, 0.1) is 0 Å². The Morgan fingerprint density at radius 2 is 1.00 bits per heavy atom. The molecular formula is C30H22BBr3N2O2. The van der Waals surface area contributed by atoms with E-state index in [-0.39, 0.29) is 0 Å². The standard InChI is InChI=1S/C15H10BrN.C9H6BrN.C6H6BBrO2/c16-14-7-3-1-5-12(14)11-9-10-17-15-8-4-2-6-13(11)15;10-8-5-6-11-9-4-2-1-3-7(8)9;8-6-4-2-1-3-5(6)7(9)10/h1-10H;1-6H;1-4,9-10H. The van der Waals surface area contributed by atoms with E-state index in [9.17, 15) is 0 Å². The first-order chi connectivity index (χ1) is 18.5. The van der Waals surface area contributed by atoms with Gasteiger partial charge in [-0.25, -0.2) is 0 Å². The van der Waals surface area contributed by atoms with E-state index in [1.54, 1.807) is 24.4 Å². The molecular weight excluding hydrogens is 671 g/mol. The van der Waals surface area contributed by atoms with Crippen LogP contribution in [0.1, 0.15) is 0 Å². The largest absolute Gasteiger partial charge is 0.489 e. The van der Waals surface area contributed by atoms with Gasteiger partial charge < -0.3 is 10.0 Å². The molecule has 0 radical (unpaired) electrons. The van der Waals surface area contributed by atoms with E-state index >= 15 is 0 Å². The monoisotopic (exact) mass is 690 g/mol. The van der Waals surface area contributed by atoms with Gasteiger partial charge in [-0.15, -0.1) is 0 Å². The fourth-order valence-corrected chi connectivity index (χ4v) is 5.20. The third-order valence-corrected chi connectivity index (χ3v) is 7.70. The first-order valence-electron chi connectivity index (χ1n) is 11.6. The predicted octanol–water partition coefficient (Wildman–Crippen LogP) is 7.79. The topological polar surface area (TPSA) is 66.2 Å². The van der Waals surface area contributed by atoms with Crippen molar-refractivity contribution < 1.29 is 10.0 Å². The SMILES string of the molecule is Brc1ccccc1-c1ccnc2ccccc12.Brc1ccnc2ccccc12.OB(O)c1ccccc1Br. The molecule has 0 atom stereocenters. The minimum Gasteiger partial charge on any atom is -0.423 e. The van der Waals surface area contributed by atoms with Crippen molar-refractivity contribution in [2.45, 2.75) is 0 Å². The highest BCUT2D eigenvalue weighted by Gasteiger charge is 2.12. The van der Waals surface area contributed by atoms with Crippen LogP contribution < -0.4 is 5.46 Å². The zero-order valence-electron chi connectivity index (χ0n) is 20.0. The number of halogens is 3. The number of fused-ring (bicyclic) bond motifs is 2. The van der Waals surface area contributed by atoms with Crippen LogP contribution in [-0.4, -0.2) is 27.1 Å². The Morgan fingerprint density at radius 3 is 1.61 bits per heavy atom. The molecule has 0 unspecified atom stereocenters. The number of hydrogen-bond donors (Lipinski definition) is 2. The first kappa shape index (κ1) is 28.1. The molecule has 4 nitrogen and oxygen atoms in total. The molecule has 0 fully saturated rings. The van der Waals surface area contributed by atoms with Crippen molar-refractivity contribution in [1.82, 2.24) is 9.97 Å². The molecule has 2 N–H and O–H groups in total. The van der Waals surface area contributed by atoms with Crippen LogP contribution in [0.2, 0.25) is 0 Å². The summed E-state index contributed by atoms with van der Waals surface area (Å²) in [5, 5.41) is 19.8. The summed E-state index contributed by atoms with van der Waals surface area (Å²) in [4.78, 5) is 8.59. The number of benzene rings is 4. The van der Waals surface area contributed by atoms with E-state index < -0.39 is 7.12 Å². The Kier molecular flexibility index (Phi) is 10.2. The lowest BCUT2D eigenvalue weighted by molar-refractivity contribution is 0.425. The van der Waals surface area contributed by atoms with Gasteiger partial charge >= 0.3 is 7.12 Å². The maximum Gasteiger partial charge on any atom is 0.489 e. The van der Waals surface area contributed by atoms with E-state index in [4.69, 9.17) is 10.0 Å². The van der Waals surface area contributed by atoms with Gasteiger partial charge in [-0.3, -0.25) is 9.97 Å². The number of pyridine rings is 2. The van der Waals surface area contributed by atoms with Gasteiger partial charge in [0.05, 0.1) is 11.0 Å². The van der Waals surface area contributed by atoms with E-state index in [0.29, 0.717) is 9.94 Å². The van der Waals surface area contributed by atoms with Crippen molar-refractivity contribution in [3.05, 3.63) is 135 Å². The highest BCUT2D eigenvalue weighted by molar-refractivity contribution is 9.11. The molecule has 4 aromatic carbocycles. The lowest BCUT2D eigenvalue weighted by atomic mass is 9.80. The highest BCUT2D eigenvalue weighted by atomic mass is 79.9. The van der Waals surface area contributed by atoms with E-state index in [0.717, 1.165) is 25.4 Å². The van der Waals surface area contributed by atoms with Crippen LogP contribution in [0.25, 0.3) is 32.9 Å². The van der Waals surface area contributed by atoms with Crippen LogP contribution in [0.3, 0.4) is 0 Å². The van der Waals surface area contributed by atoms with Crippen molar-refractivity contribution in [1.29, 1.82) is 0 Å². The molecule has 0 aliphatic carbocycles. The molecule has 0 saturated carbocycles. The smallest absolute Gasteiger partial charge is 0.423 e. The quantitative estimate of drug-likeness (QED) is 0.182. The summed E-state index contributed by atoms with van der Waals surface area (Å²) in [5.41, 5.74) is 4.96. The van der Waals surface area contributed by atoms with E-state index in [1.165, 1.54) is 16.5 Å². The summed E-state index contributed by atoms with van der Waals surface area (Å²) >= 11 is 10.2. The second-order valence-electron chi connectivity index (χ2n) is 8.06. The molecule has 0 spiro atoms. The number of nitrogens with zero attached hydrogens (tertiary/aromatic N) is 2. The van der Waals surface area contributed by atoms with Gasteiger partial charge in [-0.1, -0.05) is 121 Å². The number of hydrogen-bond acceptors (Lipinski definition) is 4. The highest BCUT2D eigenvalue weighted by Crippen LogP contribution is 2.32. The maximum absolute atomic E-state index is 8.73. The van der Waals surface area contributed by atoms with Gasteiger partial charge in [-0.05, 0) is 53.0 Å². The molecule has 0 amide bonds. The van der Waals surface area contributed by atoms with Gasteiger partial charge in [0.15, 0.2) is 0 Å². The Balaban J connectivity index is 0.000000140. The van der Waals surface area contributed by atoms with Gasteiger partial charge in [0.2, 0.25) is 0 Å². The van der Waals surface area contributed by atoms with Gasteiger partial charge in [0.25, 0.3) is 0 Å². The average Bonchev–Trinajstić information content (AvgIpc) is 2.94. The molecule has 188 valence electrons. The molecule has 38 heavy (non-hydrogen) atoms. The third kappa shape index (κ3) is 7.15. The predicted molar refractivity (Wildman–Crippen MR) is 168 cm³/mol. The van der Waals surface area contributed by atoms with Crippen LogP contribution in [0.4, 0.5) is 0 Å². The summed E-state index contributed by atoms with van der Waals surface area (Å²) in [6.45, 7) is 0. The molecule has 2 aromatic heterocycles. The summed E-state index contributed by atoms with van der Waals surface area (Å²) < 4.78 is 2.92. The summed E-state index contributed by atoms with van der Waals surface area (Å²) in [6, 6.07) is 35.5. The van der Waals surface area contributed by atoms with Crippen molar-refractivity contribution in [3.63, 3.8) is 0 Å². The number of aromatic nitrogens is 2. The number of rotatable bonds is 2. The molecule has 0 saturated heterocycles. The fraction of sp³-hybridized carbons (Fsp3) is 0. The van der Waals surface area contributed by atoms with Crippen LogP contribution >= 0.6 is 47.8 Å². The number of para-hydroxylation sites is 2. The Morgan fingerprint density at radius 1 is 0.474 bits per heavy atom. The third-order valence-electron chi connectivity index (χ3n) is 5.59. The molecule has 8 heteroatoms. The minimum atomic E-state index is -1.39. The molecule has 6 rings (SSSR count). The Labute approximate surface area is 247 Å². The molecule has 0 aliphatic heterocycles. The van der Waals surface area contributed by atoms with Crippen molar-refractivity contribution in [3.8, 4) is 11.1 Å². The van der Waals surface area contributed by atoms with Crippen molar-refractivity contribution >= 4 is 82.2 Å². The van der Waals surface area contributed by atoms with Gasteiger partial charge in [0, 0.05) is 36.6 Å². The van der Waals surface area contributed by atoms with Gasteiger partial charge in [0.1, 0.15) is 0 Å². The normalized spacial score (nSPS) is 10.2. The average molecular weight is 693 g/mol. The molecule has 0 bridgehead atoms. The second kappa shape index (κ2) is 13.8. The fourth-order valence-electron chi connectivity index (χ4n) is 3.76. The lowest BCUT2D eigenvalue weighted by Crippen LogP contribution is -2.30. The van der Waals surface area contributed by atoms with E-state index in [2.05, 4.69) is 88.1 Å².